The van der Waals surface area contributed by atoms with Crippen LogP contribution in [0, 0.1) is 5.92 Å². The van der Waals surface area contributed by atoms with Gasteiger partial charge in [-0.1, -0.05) is 0 Å². The fraction of sp³-hybridized carbons (Fsp3) is 0.800. The summed E-state index contributed by atoms with van der Waals surface area (Å²) >= 11 is 0. The van der Waals surface area contributed by atoms with Gasteiger partial charge in [-0.3, -0.25) is 0 Å². The van der Waals surface area contributed by atoms with Gasteiger partial charge in [0.15, 0.2) is 6.04 Å². The van der Waals surface area contributed by atoms with Gasteiger partial charge in [0.25, 0.3) is 0 Å². The molecule has 2 amide bonds. The summed E-state index contributed by atoms with van der Waals surface area (Å²) in [5.74, 6) is -0.991. The molecule has 1 aliphatic rings. The Balaban J connectivity index is 2.29. The number of aliphatic hydroxyl groups excluding tert-OH is 1. The van der Waals surface area contributed by atoms with Crippen molar-refractivity contribution in [2.45, 2.75) is 25.5 Å². The van der Waals surface area contributed by atoms with Crippen LogP contribution in [0.15, 0.2) is 0 Å². The summed E-state index contributed by atoms with van der Waals surface area (Å²) < 4.78 is 5.14. The Labute approximate surface area is 99.1 Å². The number of aliphatic carboxylic acids is 1. The molecule has 0 saturated carbocycles. The molecule has 0 bridgehead atoms. The summed E-state index contributed by atoms with van der Waals surface area (Å²) in [7, 11) is 0. The quantitative estimate of drug-likeness (QED) is 0.505. The molecule has 0 aromatic carbocycles. The van der Waals surface area contributed by atoms with Crippen molar-refractivity contribution in [2.75, 3.05) is 19.8 Å². The highest BCUT2D eigenvalue weighted by atomic mass is 16.5. The van der Waals surface area contributed by atoms with E-state index in [1.807, 2.05) is 0 Å². The van der Waals surface area contributed by atoms with E-state index in [2.05, 4.69) is 10.6 Å². The van der Waals surface area contributed by atoms with Crippen molar-refractivity contribution < 1.29 is 24.5 Å². The van der Waals surface area contributed by atoms with Gasteiger partial charge in [0.05, 0.1) is 12.7 Å². The zero-order valence-electron chi connectivity index (χ0n) is 9.68. The predicted molar refractivity (Wildman–Crippen MR) is 58.6 cm³/mol. The summed E-state index contributed by atoms with van der Waals surface area (Å²) in [6, 6.07) is -1.89. The lowest BCUT2D eigenvalue weighted by Gasteiger charge is -2.18. The Bertz CT molecular complexity index is 276. The first-order valence-electron chi connectivity index (χ1n) is 5.53. The number of nitrogens with one attached hydrogen (secondary N) is 2. The predicted octanol–water partition coefficient (Wildman–Crippen LogP) is -0.844. The summed E-state index contributed by atoms with van der Waals surface area (Å²) in [5, 5.41) is 22.7. The molecule has 1 unspecified atom stereocenters. The minimum atomic E-state index is -1.30. The van der Waals surface area contributed by atoms with Gasteiger partial charge in [0.1, 0.15) is 0 Å². The second kappa shape index (κ2) is 6.41. The molecule has 3 atom stereocenters. The molecule has 7 nitrogen and oxygen atoms in total. The third-order valence-electron chi connectivity index (χ3n) is 2.61. The maximum absolute atomic E-state index is 11.4. The summed E-state index contributed by atoms with van der Waals surface area (Å²) in [4.78, 5) is 22.1. The Kier molecular flexibility index (Phi) is 5.17. The molecule has 98 valence electrons. The molecule has 0 aliphatic carbocycles. The lowest BCUT2D eigenvalue weighted by molar-refractivity contribution is -0.141. The van der Waals surface area contributed by atoms with Crippen molar-refractivity contribution in [1.82, 2.24) is 10.6 Å². The monoisotopic (exact) mass is 246 g/mol. The molecule has 17 heavy (non-hydrogen) atoms. The molecule has 0 spiro atoms. The van der Waals surface area contributed by atoms with E-state index in [9.17, 15) is 9.59 Å². The molecular weight excluding hydrogens is 228 g/mol. The third kappa shape index (κ3) is 4.58. The van der Waals surface area contributed by atoms with E-state index < -0.39 is 24.1 Å². The Hall–Kier alpha value is -1.34. The number of aliphatic hydroxyl groups is 1. The number of carboxylic acids is 1. The highest BCUT2D eigenvalue weighted by molar-refractivity contribution is 5.82. The van der Waals surface area contributed by atoms with Gasteiger partial charge in [0.2, 0.25) is 0 Å². The highest BCUT2D eigenvalue weighted by Gasteiger charge is 2.25. The molecule has 7 heteroatoms. The van der Waals surface area contributed by atoms with Gasteiger partial charge in [-0.15, -0.1) is 0 Å². The van der Waals surface area contributed by atoms with Gasteiger partial charge >= 0.3 is 12.0 Å². The van der Waals surface area contributed by atoms with Crippen LogP contribution in [0.2, 0.25) is 0 Å². The zero-order chi connectivity index (χ0) is 12.8. The molecule has 1 rings (SSSR count). The number of carboxylic acid groups (broad SMARTS) is 1. The zero-order valence-corrected chi connectivity index (χ0v) is 9.68. The first kappa shape index (κ1) is 13.7. The second-order valence-electron chi connectivity index (χ2n) is 4.14. The second-order valence-corrected chi connectivity index (χ2v) is 4.14. The largest absolute Gasteiger partial charge is 0.480 e. The average molecular weight is 246 g/mol. The number of amides is 2. The standard InChI is InChI=1S/C10H18N2O5/c1-6(13)8(9(14)15)12-10(16)11-4-7-2-3-17-5-7/h6-8,13H,2-5H2,1H3,(H,14,15)(H2,11,12,16)/t6-,7?,8+/m1/s1. The highest BCUT2D eigenvalue weighted by Crippen LogP contribution is 2.10. The fourth-order valence-corrected chi connectivity index (χ4v) is 1.56. The lowest BCUT2D eigenvalue weighted by atomic mass is 10.1. The normalized spacial score (nSPS) is 22.8. The van der Waals surface area contributed by atoms with Crippen LogP contribution in [-0.2, 0) is 9.53 Å². The minimum absolute atomic E-state index is 0.274. The van der Waals surface area contributed by atoms with Crippen LogP contribution in [-0.4, -0.2) is 54.1 Å². The number of ether oxygens (including phenoxy) is 1. The molecule has 1 saturated heterocycles. The van der Waals surface area contributed by atoms with Gasteiger partial charge in [-0.05, 0) is 13.3 Å². The Morgan fingerprint density at radius 2 is 2.24 bits per heavy atom. The summed E-state index contributed by atoms with van der Waals surface area (Å²) in [6.45, 7) is 3.06. The number of carbonyl (C=O) groups excluding carboxylic acids is 1. The van der Waals surface area contributed by atoms with E-state index in [-0.39, 0.29) is 5.92 Å². The van der Waals surface area contributed by atoms with E-state index in [0.29, 0.717) is 19.8 Å². The molecule has 1 heterocycles. The van der Waals surface area contributed by atoms with Gasteiger partial charge in [-0.2, -0.15) is 0 Å². The van der Waals surface area contributed by atoms with Crippen LogP contribution in [0.1, 0.15) is 13.3 Å². The number of carbonyl (C=O) groups is 2. The third-order valence-corrected chi connectivity index (χ3v) is 2.61. The van der Waals surface area contributed by atoms with Crippen molar-refractivity contribution in [3.63, 3.8) is 0 Å². The average Bonchev–Trinajstić information content (AvgIpc) is 2.74. The SMILES string of the molecule is C[C@@H](O)[C@H](NC(=O)NCC1CCOC1)C(=O)O. The van der Waals surface area contributed by atoms with Gasteiger partial charge in [0, 0.05) is 19.1 Å². The molecule has 0 aromatic heterocycles. The Morgan fingerprint density at radius 1 is 1.53 bits per heavy atom. The van der Waals surface area contributed by atoms with Crippen LogP contribution in [0.3, 0.4) is 0 Å². The summed E-state index contributed by atoms with van der Waals surface area (Å²) in [5.41, 5.74) is 0. The van der Waals surface area contributed by atoms with Gasteiger partial charge < -0.3 is 25.6 Å². The van der Waals surface area contributed by atoms with E-state index >= 15 is 0 Å². The van der Waals surface area contributed by atoms with Crippen molar-refractivity contribution in [3.8, 4) is 0 Å². The first-order chi connectivity index (χ1) is 8.00. The van der Waals surface area contributed by atoms with Crippen molar-refractivity contribution >= 4 is 12.0 Å². The smallest absolute Gasteiger partial charge is 0.328 e. The van der Waals surface area contributed by atoms with Crippen molar-refractivity contribution in [2.24, 2.45) is 5.92 Å². The molecule has 0 aromatic rings. The van der Waals surface area contributed by atoms with Crippen LogP contribution in [0.25, 0.3) is 0 Å². The molecule has 1 fully saturated rings. The lowest BCUT2D eigenvalue weighted by Crippen LogP contribution is -2.51. The van der Waals surface area contributed by atoms with Gasteiger partial charge in [-0.25, -0.2) is 9.59 Å². The maximum Gasteiger partial charge on any atom is 0.328 e. The first-order valence-corrected chi connectivity index (χ1v) is 5.53. The number of rotatable bonds is 5. The molecular formula is C10H18N2O5. The minimum Gasteiger partial charge on any atom is -0.480 e. The Morgan fingerprint density at radius 3 is 2.71 bits per heavy atom. The molecule has 0 radical (unpaired) electrons. The van der Waals surface area contributed by atoms with Crippen LogP contribution in [0.4, 0.5) is 4.79 Å². The van der Waals surface area contributed by atoms with Crippen LogP contribution >= 0.6 is 0 Å². The number of hydrogen-bond acceptors (Lipinski definition) is 4. The van der Waals surface area contributed by atoms with E-state index in [4.69, 9.17) is 14.9 Å². The van der Waals surface area contributed by atoms with E-state index in [1.54, 1.807) is 0 Å². The summed E-state index contributed by atoms with van der Waals surface area (Å²) in [6.07, 6.45) is -0.257. The molecule has 4 N–H and O–H groups in total. The van der Waals surface area contributed by atoms with Crippen LogP contribution in [0.5, 0.6) is 0 Å². The van der Waals surface area contributed by atoms with Crippen LogP contribution < -0.4 is 10.6 Å². The van der Waals surface area contributed by atoms with Crippen molar-refractivity contribution in [3.05, 3.63) is 0 Å². The topological polar surface area (TPSA) is 108 Å². The molecule has 1 aliphatic heterocycles. The van der Waals surface area contributed by atoms with E-state index in [0.717, 1.165) is 6.42 Å². The maximum atomic E-state index is 11.4. The number of urea groups is 1. The fourth-order valence-electron chi connectivity index (χ4n) is 1.56. The van der Waals surface area contributed by atoms with Crippen molar-refractivity contribution in [1.29, 1.82) is 0 Å². The van der Waals surface area contributed by atoms with E-state index in [1.165, 1.54) is 6.92 Å². The number of hydrogen-bond donors (Lipinski definition) is 4.